The highest BCUT2D eigenvalue weighted by Gasteiger charge is 2.56. The molecule has 1 saturated heterocycles. The van der Waals surface area contributed by atoms with Crippen LogP contribution in [0.4, 0.5) is 9.59 Å². The Labute approximate surface area is 337 Å². The summed E-state index contributed by atoms with van der Waals surface area (Å²) < 4.78 is 43.8. The van der Waals surface area contributed by atoms with Crippen molar-refractivity contribution in [3.8, 4) is 5.75 Å². The summed E-state index contributed by atoms with van der Waals surface area (Å²) in [5.41, 5.74) is 5.62. The van der Waals surface area contributed by atoms with E-state index in [2.05, 4.69) is 5.32 Å². The van der Waals surface area contributed by atoms with Gasteiger partial charge in [0.05, 0.1) is 24.6 Å². The van der Waals surface area contributed by atoms with Crippen LogP contribution in [0, 0.1) is 5.92 Å². The lowest BCUT2D eigenvalue weighted by molar-refractivity contribution is -0.137. The lowest BCUT2D eigenvalue weighted by Crippen LogP contribution is -2.51. The van der Waals surface area contributed by atoms with Crippen molar-refractivity contribution in [2.24, 2.45) is 11.7 Å². The summed E-state index contributed by atoms with van der Waals surface area (Å²) in [4.78, 5) is 78.7. The fourth-order valence-corrected chi connectivity index (χ4v) is 8.10. The zero-order valence-corrected chi connectivity index (χ0v) is 33.8. The van der Waals surface area contributed by atoms with E-state index in [9.17, 15) is 42.3 Å². The number of carboxylic acids is 1. The molecule has 0 unspecified atom stereocenters. The largest absolute Gasteiger partial charge is 0.496 e. The molecular weight excluding hydrogens is 775 g/mol. The Bertz CT molecular complexity index is 2030. The SMILES string of the molecule is COc1ccc(S(=O)(=O)NC(=O)[C@@]2(N)C[C@H]2/C=C\CCCCC[C@H](NC(=O)OC(C)(C)C)C(=O)N2C[C@H](OC(=O)N3Cc4ccccc4C3)C[C@H]2C=O)cc1C(=O)O. The van der Waals surface area contributed by atoms with Crippen molar-refractivity contribution < 1.29 is 56.5 Å². The van der Waals surface area contributed by atoms with Crippen molar-refractivity contribution in [3.63, 3.8) is 0 Å². The number of amides is 4. The van der Waals surface area contributed by atoms with Crippen LogP contribution >= 0.6 is 0 Å². The number of hydrogen-bond acceptors (Lipinski definition) is 12. The molecule has 5 N–H and O–H groups in total. The van der Waals surface area contributed by atoms with E-state index in [1.165, 1.54) is 18.1 Å². The molecule has 3 aliphatic rings. The summed E-state index contributed by atoms with van der Waals surface area (Å²) in [6.45, 7) is 5.90. The van der Waals surface area contributed by atoms with E-state index >= 15 is 0 Å². The average Bonchev–Trinajstić information content (AvgIpc) is 3.44. The Balaban J connectivity index is 1.10. The van der Waals surface area contributed by atoms with Crippen molar-refractivity contribution in [3.05, 3.63) is 71.3 Å². The van der Waals surface area contributed by atoms with E-state index in [1.54, 1.807) is 31.7 Å². The summed E-state index contributed by atoms with van der Waals surface area (Å²) in [5, 5.41) is 12.1. The molecule has 5 atom stereocenters. The monoisotopic (exact) mass is 825 g/mol. The number of aldehydes is 1. The molecule has 2 aromatic rings. The molecule has 1 aliphatic carbocycles. The van der Waals surface area contributed by atoms with Crippen LogP contribution in [0.5, 0.6) is 5.75 Å². The minimum Gasteiger partial charge on any atom is -0.496 e. The molecule has 0 aromatic heterocycles. The number of unbranched alkanes of at least 4 members (excludes halogenated alkanes) is 3. The fourth-order valence-electron chi connectivity index (χ4n) is 7.03. The van der Waals surface area contributed by atoms with Crippen molar-refractivity contribution in [2.45, 2.75) is 113 Å². The van der Waals surface area contributed by atoms with Crippen LogP contribution in [0.3, 0.4) is 0 Å². The van der Waals surface area contributed by atoms with Crippen molar-refractivity contribution in [2.75, 3.05) is 13.7 Å². The van der Waals surface area contributed by atoms with E-state index in [1.807, 2.05) is 35.1 Å². The second-order valence-electron chi connectivity index (χ2n) is 15.8. The van der Waals surface area contributed by atoms with Crippen molar-refractivity contribution in [1.82, 2.24) is 19.8 Å². The standard InChI is InChI=1S/C40H51N5O12S/c1-39(2,3)57-37(51)42-32(34(47)45-23-29(18-28(45)24-46)56-38(52)44-21-25-12-10-11-13-26(25)22-44)15-9-7-5-6-8-14-27-20-40(27,41)36(50)43-58(53,54)30-16-17-33(55-4)31(19-30)35(48)49/h8,10-14,16-17,19,24,27-29,32H,5-7,9,15,18,20-23,41H2,1-4H3,(H,42,51)(H,43,50)(H,48,49)/b14-8-/t27-,28+,29-,32+,40-/m1/s1. The van der Waals surface area contributed by atoms with E-state index < -0.39 is 80.1 Å². The second kappa shape index (κ2) is 18.0. The Morgan fingerprint density at radius 1 is 1.05 bits per heavy atom. The number of carbonyl (C=O) groups excluding carboxylic acids is 5. The van der Waals surface area contributed by atoms with Gasteiger partial charge < -0.3 is 40.1 Å². The number of sulfonamides is 1. The minimum absolute atomic E-state index is 0.00699. The second-order valence-corrected chi connectivity index (χ2v) is 17.5. The van der Waals surface area contributed by atoms with Crippen LogP contribution < -0.4 is 20.5 Å². The number of nitrogens with zero attached hydrogens (tertiary/aromatic N) is 2. The van der Waals surface area contributed by atoms with Gasteiger partial charge in [0.2, 0.25) is 5.91 Å². The van der Waals surface area contributed by atoms with Gasteiger partial charge in [-0.15, -0.1) is 0 Å². The number of ether oxygens (including phenoxy) is 3. The summed E-state index contributed by atoms with van der Waals surface area (Å²) in [6.07, 6.45) is 5.22. The highest BCUT2D eigenvalue weighted by molar-refractivity contribution is 7.90. The first-order chi connectivity index (χ1) is 27.3. The van der Waals surface area contributed by atoms with E-state index in [0.717, 1.165) is 23.3 Å². The summed E-state index contributed by atoms with van der Waals surface area (Å²) >= 11 is 0. The number of rotatable bonds is 16. The molecule has 4 amide bonds. The molecule has 1 saturated carbocycles. The fraction of sp³-hybridized carbons (Fsp3) is 0.500. The van der Waals surface area contributed by atoms with Gasteiger partial charge >= 0.3 is 18.2 Å². The minimum atomic E-state index is -4.42. The average molecular weight is 826 g/mol. The maximum absolute atomic E-state index is 13.9. The number of carbonyl (C=O) groups is 6. The quantitative estimate of drug-likeness (QED) is 0.108. The molecule has 2 aliphatic heterocycles. The molecule has 314 valence electrons. The predicted molar refractivity (Wildman–Crippen MR) is 208 cm³/mol. The molecule has 17 nitrogen and oxygen atoms in total. The molecule has 58 heavy (non-hydrogen) atoms. The van der Waals surface area contributed by atoms with Gasteiger partial charge in [-0.3, -0.25) is 14.5 Å². The van der Waals surface area contributed by atoms with Crippen molar-refractivity contribution >= 4 is 46.3 Å². The molecule has 2 fully saturated rings. The first-order valence-corrected chi connectivity index (χ1v) is 20.5. The van der Waals surface area contributed by atoms with Crippen LogP contribution in [0.15, 0.2) is 59.5 Å². The number of nitrogens with two attached hydrogens (primary N) is 1. The third-order valence-corrected chi connectivity index (χ3v) is 11.6. The molecule has 18 heteroatoms. The first kappa shape index (κ1) is 43.6. The van der Waals surface area contributed by atoms with Crippen LogP contribution in [-0.2, 0) is 47.0 Å². The molecule has 5 rings (SSSR count). The van der Waals surface area contributed by atoms with Crippen LogP contribution in [0.2, 0.25) is 0 Å². The lowest BCUT2D eigenvalue weighted by Gasteiger charge is -2.28. The Morgan fingerprint density at radius 3 is 2.36 bits per heavy atom. The molecule has 0 bridgehead atoms. The van der Waals surface area contributed by atoms with Gasteiger partial charge in [0.25, 0.3) is 15.9 Å². The zero-order chi connectivity index (χ0) is 42.4. The topological polar surface area (TPSA) is 241 Å². The van der Waals surface area contributed by atoms with E-state index in [0.29, 0.717) is 45.1 Å². The number of alkyl carbamates (subject to hydrolysis) is 1. The van der Waals surface area contributed by atoms with Gasteiger partial charge in [0, 0.05) is 25.4 Å². The molecule has 2 heterocycles. The van der Waals surface area contributed by atoms with Crippen LogP contribution in [0.25, 0.3) is 0 Å². The third kappa shape index (κ3) is 10.7. The summed E-state index contributed by atoms with van der Waals surface area (Å²) in [6, 6.07) is 9.05. The third-order valence-electron chi connectivity index (χ3n) is 10.3. The summed E-state index contributed by atoms with van der Waals surface area (Å²) in [5.74, 6) is -3.27. The lowest BCUT2D eigenvalue weighted by atomic mass is 10.0. The Morgan fingerprint density at radius 2 is 1.74 bits per heavy atom. The van der Waals surface area contributed by atoms with E-state index in [4.69, 9.17) is 19.9 Å². The van der Waals surface area contributed by atoms with Gasteiger partial charge in [-0.1, -0.05) is 49.3 Å². The van der Waals surface area contributed by atoms with Gasteiger partial charge in [-0.2, -0.15) is 0 Å². The van der Waals surface area contributed by atoms with Gasteiger partial charge in [-0.05, 0) is 75.8 Å². The number of carboxylic acid groups (broad SMARTS) is 1. The Hall–Kier alpha value is -5.49. The smallest absolute Gasteiger partial charge is 0.410 e. The molecule has 0 radical (unpaired) electrons. The number of nitrogens with one attached hydrogen (secondary N) is 2. The van der Waals surface area contributed by atoms with Gasteiger partial charge in [0.1, 0.15) is 40.9 Å². The molecule has 0 spiro atoms. The number of methoxy groups -OCH3 is 1. The van der Waals surface area contributed by atoms with Crippen LogP contribution in [-0.4, -0.2) is 103 Å². The van der Waals surface area contributed by atoms with Crippen molar-refractivity contribution in [1.29, 1.82) is 0 Å². The maximum atomic E-state index is 13.9. The number of aromatic carboxylic acids is 1. The summed E-state index contributed by atoms with van der Waals surface area (Å²) in [7, 11) is -3.18. The number of allylic oxidation sites excluding steroid dienone is 1. The number of likely N-dealkylation sites (tertiary alicyclic amines) is 1. The number of fused-ring (bicyclic) bond motifs is 1. The highest BCUT2D eigenvalue weighted by Crippen LogP contribution is 2.43. The molecule has 2 aromatic carbocycles. The first-order valence-electron chi connectivity index (χ1n) is 19.1. The highest BCUT2D eigenvalue weighted by atomic mass is 32.2. The predicted octanol–water partition coefficient (Wildman–Crippen LogP) is 3.64. The zero-order valence-electron chi connectivity index (χ0n) is 33.0. The number of benzene rings is 2. The maximum Gasteiger partial charge on any atom is 0.410 e. The number of hydrogen-bond donors (Lipinski definition) is 4. The molecular formula is C40H51N5O12S. The normalized spacial score (nSPS) is 21.8. The Kier molecular flexibility index (Phi) is 13.5. The van der Waals surface area contributed by atoms with Gasteiger partial charge in [0.15, 0.2) is 0 Å². The van der Waals surface area contributed by atoms with Crippen LogP contribution in [0.1, 0.15) is 87.2 Å². The van der Waals surface area contributed by atoms with E-state index in [-0.39, 0.29) is 37.1 Å². The van der Waals surface area contributed by atoms with Gasteiger partial charge in [-0.25, -0.2) is 27.5 Å².